The Morgan fingerprint density at radius 3 is 2.67 bits per heavy atom. The van der Waals surface area contributed by atoms with Gasteiger partial charge < -0.3 is 5.32 Å². The Morgan fingerprint density at radius 1 is 1.29 bits per heavy atom. The number of benzene rings is 1. The van der Waals surface area contributed by atoms with Gasteiger partial charge in [-0.25, -0.2) is 13.5 Å². The van der Waals surface area contributed by atoms with Gasteiger partial charge in [0.25, 0.3) is 6.43 Å². The number of halogens is 4. The summed E-state index contributed by atoms with van der Waals surface area (Å²) in [5.74, 6) is 0. The van der Waals surface area contributed by atoms with E-state index in [1.807, 2.05) is 0 Å². The van der Waals surface area contributed by atoms with Gasteiger partial charge in [0.2, 0.25) is 0 Å². The van der Waals surface area contributed by atoms with Crippen molar-refractivity contribution in [2.24, 2.45) is 0 Å². The van der Waals surface area contributed by atoms with Crippen LogP contribution in [0, 0.1) is 0 Å². The summed E-state index contributed by atoms with van der Waals surface area (Å²) in [5, 5.41) is 7.98. The lowest BCUT2D eigenvalue weighted by atomic mass is 10.2. The Bertz CT molecular complexity index is 654. The maximum Gasteiger partial charge on any atom is 0.280 e. The molecule has 7 heteroatoms. The summed E-state index contributed by atoms with van der Waals surface area (Å²) in [4.78, 5) is 0. The molecule has 0 bridgehead atoms. The third-order valence-corrected chi connectivity index (χ3v) is 4.14. The molecule has 112 valence electrons. The van der Waals surface area contributed by atoms with Crippen LogP contribution in [-0.2, 0) is 6.54 Å². The third kappa shape index (κ3) is 3.20. The van der Waals surface area contributed by atoms with E-state index in [2.05, 4.69) is 10.4 Å². The highest BCUT2D eigenvalue weighted by atomic mass is 35.5. The van der Waals surface area contributed by atoms with E-state index in [0.29, 0.717) is 33.9 Å². The van der Waals surface area contributed by atoms with Crippen LogP contribution in [-0.4, -0.2) is 15.8 Å². The summed E-state index contributed by atoms with van der Waals surface area (Å²) in [7, 11) is 0. The Labute approximate surface area is 130 Å². The molecule has 21 heavy (non-hydrogen) atoms. The van der Waals surface area contributed by atoms with Gasteiger partial charge in [-0.2, -0.15) is 5.10 Å². The topological polar surface area (TPSA) is 29.9 Å². The van der Waals surface area contributed by atoms with Crippen LogP contribution < -0.4 is 5.32 Å². The van der Waals surface area contributed by atoms with E-state index in [-0.39, 0.29) is 5.69 Å². The SMILES string of the molecule is FC(F)c1c(CNC2CC2)cnn1-c1ccc(Cl)c(Cl)c1. The zero-order chi connectivity index (χ0) is 15.0. The van der Waals surface area contributed by atoms with Crippen LogP contribution in [0.3, 0.4) is 0 Å². The molecule has 1 saturated carbocycles. The van der Waals surface area contributed by atoms with Gasteiger partial charge in [0.1, 0.15) is 5.69 Å². The van der Waals surface area contributed by atoms with Gasteiger partial charge in [-0.05, 0) is 31.0 Å². The third-order valence-electron chi connectivity index (χ3n) is 3.40. The molecule has 0 unspecified atom stereocenters. The largest absolute Gasteiger partial charge is 0.310 e. The average molecular weight is 332 g/mol. The molecule has 1 N–H and O–H groups in total. The van der Waals surface area contributed by atoms with E-state index >= 15 is 0 Å². The molecule has 1 aliphatic carbocycles. The van der Waals surface area contributed by atoms with Crippen LogP contribution in [0.1, 0.15) is 30.5 Å². The van der Waals surface area contributed by atoms with Gasteiger partial charge >= 0.3 is 0 Å². The van der Waals surface area contributed by atoms with E-state index in [0.717, 1.165) is 12.8 Å². The van der Waals surface area contributed by atoms with Crippen LogP contribution >= 0.6 is 23.2 Å². The van der Waals surface area contributed by atoms with Crippen molar-refractivity contribution in [2.75, 3.05) is 0 Å². The van der Waals surface area contributed by atoms with Crippen molar-refractivity contribution in [1.29, 1.82) is 0 Å². The summed E-state index contributed by atoms with van der Waals surface area (Å²) < 4.78 is 28.0. The number of aromatic nitrogens is 2. The Kier molecular flexibility index (Phi) is 4.15. The first-order valence-corrected chi connectivity index (χ1v) is 7.35. The zero-order valence-corrected chi connectivity index (χ0v) is 12.5. The average Bonchev–Trinajstić information content (AvgIpc) is 3.17. The number of rotatable bonds is 5. The molecule has 0 radical (unpaired) electrons. The highest BCUT2D eigenvalue weighted by Crippen LogP contribution is 2.30. The molecule has 1 aromatic heterocycles. The molecular weight excluding hydrogens is 319 g/mol. The predicted molar refractivity (Wildman–Crippen MR) is 78.4 cm³/mol. The van der Waals surface area contributed by atoms with Gasteiger partial charge in [0, 0.05) is 18.2 Å². The molecule has 1 fully saturated rings. The van der Waals surface area contributed by atoms with Crippen LogP contribution in [0.5, 0.6) is 0 Å². The van der Waals surface area contributed by atoms with Crippen molar-refractivity contribution in [2.45, 2.75) is 31.9 Å². The smallest absolute Gasteiger partial charge is 0.280 e. The Hall–Kier alpha value is -1.17. The minimum atomic E-state index is -2.61. The van der Waals surface area contributed by atoms with Crippen LogP contribution in [0.15, 0.2) is 24.4 Å². The molecule has 0 amide bonds. The molecule has 0 aliphatic heterocycles. The first-order chi connectivity index (χ1) is 10.1. The van der Waals surface area contributed by atoms with Crippen molar-refractivity contribution < 1.29 is 8.78 Å². The second kappa shape index (κ2) is 5.91. The first-order valence-electron chi connectivity index (χ1n) is 6.60. The molecule has 0 saturated heterocycles. The number of nitrogens with one attached hydrogen (secondary N) is 1. The van der Waals surface area contributed by atoms with Crippen molar-refractivity contribution in [3.8, 4) is 5.69 Å². The summed E-state index contributed by atoms with van der Waals surface area (Å²) in [6, 6.07) is 5.16. The molecule has 2 aromatic rings. The second-order valence-corrected chi connectivity index (χ2v) is 5.84. The zero-order valence-electron chi connectivity index (χ0n) is 11.0. The maximum absolute atomic E-state index is 13.4. The molecule has 0 atom stereocenters. The number of hydrogen-bond acceptors (Lipinski definition) is 2. The van der Waals surface area contributed by atoms with E-state index in [4.69, 9.17) is 23.2 Å². The van der Waals surface area contributed by atoms with Gasteiger partial charge in [0.15, 0.2) is 0 Å². The normalized spacial score (nSPS) is 14.9. The number of nitrogens with zero attached hydrogens (tertiary/aromatic N) is 2. The van der Waals surface area contributed by atoms with Gasteiger partial charge in [-0.3, -0.25) is 0 Å². The highest BCUT2D eigenvalue weighted by molar-refractivity contribution is 6.42. The van der Waals surface area contributed by atoms with Crippen molar-refractivity contribution in [3.63, 3.8) is 0 Å². The standard InChI is InChI=1S/C14H13Cl2F2N3/c15-11-4-3-10(5-12(11)16)21-13(14(17)18)8(7-20-21)6-19-9-1-2-9/h3-5,7,9,14,19H,1-2,6H2. The van der Waals surface area contributed by atoms with E-state index in [1.165, 1.54) is 16.9 Å². The molecule has 0 spiro atoms. The molecule has 1 heterocycles. The van der Waals surface area contributed by atoms with Crippen molar-refractivity contribution in [3.05, 3.63) is 45.7 Å². The lowest BCUT2D eigenvalue weighted by Crippen LogP contribution is -2.16. The van der Waals surface area contributed by atoms with Crippen LogP contribution in [0.2, 0.25) is 10.0 Å². The second-order valence-electron chi connectivity index (χ2n) is 5.02. The summed E-state index contributed by atoms with van der Waals surface area (Å²) in [5.41, 5.74) is 0.863. The van der Waals surface area contributed by atoms with Crippen molar-refractivity contribution in [1.82, 2.24) is 15.1 Å². The van der Waals surface area contributed by atoms with Gasteiger partial charge in [-0.1, -0.05) is 23.2 Å². The van der Waals surface area contributed by atoms with E-state index in [1.54, 1.807) is 12.1 Å². The van der Waals surface area contributed by atoms with E-state index in [9.17, 15) is 8.78 Å². The van der Waals surface area contributed by atoms with Crippen LogP contribution in [0.25, 0.3) is 5.69 Å². The van der Waals surface area contributed by atoms with Gasteiger partial charge in [0.05, 0.1) is 21.9 Å². The monoisotopic (exact) mass is 331 g/mol. The fraction of sp³-hybridized carbons (Fsp3) is 0.357. The maximum atomic E-state index is 13.4. The summed E-state index contributed by atoms with van der Waals surface area (Å²) >= 11 is 11.8. The first kappa shape index (κ1) is 14.8. The molecule has 1 aliphatic rings. The molecule has 3 rings (SSSR count). The molecule has 1 aromatic carbocycles. The minimum absolute atomic E-state index is 0.110. The lowest BCUT2D eigenvalue weighted by Gasteiger charge is -2.10. The molecule has 3 nitrogen and oxygen atoms in total. The minimum Gasteiger partial charge on any atom is -0.310 e. The van der Waals surface area contributed by atoms with Gasteiger partial charge in [-0.15, -0.1) is 0 Å². The lowest BCUT2D eigenvalue weighted by molar-refractivity contribution is 0.141. The van der Waals surface area contributed by atoms with Crippen LogP contribution in [0.4, 0.5) is 8.78 Å². The highest BCUT2D eigenvalue weighted by Gasteiger charge is 2.24. The fourth-order valence-electron chi connectivity index (χ4n) is 2.12. The van der Waals surface area contributed by atoms with E-state index < -0.39 is 6.43 Å². The van der Waals surface area contributed by atoms with Crippen molar-refractivity contribution >= 4 is 23.2 Å². The fourth-order valence-corrected chi connectivity index (χ4v) is 2.42. The number of alkyl halides is 2. The Morgan fingerprint density at radius 2 is 2.05 bits per heavy atom. The quantitative estimate of drug-likeness (QED) is 0.881. The molecular formula is C14H13Cl2F2N3. The Balaban J connectivity index is 1.94. The number of hydrogen-bond donors (Lipinski definition) is 1. The summed E-state index contributed by atoms with van der Waals surface area (Å²) in [6.45, 7) is 0.395. The summed E-state index contributed by atoms with van der Waals surface area (Å²) in [6.07, 6.45) is 1.06. The predicted octanol–water partition coefficient (Wildman–Crippen LogP) is 4.37.